The second-order valence-electron chi connectivity index (χ2n) is 6.92. The number of nitrogens with two attached hydrogens (primary N) is 1. The molecule has 0 spiro atoms. The molecule has 0 amide bonds. The van der Waals surface area contributed by atoms with Crippen LogP contribution in [-0.4, -0.2) is 27.9 Å². The van der Waals surface area contributed by atoms with Gasteiger partial charge in [-0.25, -0.2) is 4.98 Å². The lowest BCUT2D eigenvalue weighted by molar-refractivity contribution is -0.0493. The van der Waals surface area contributed by atoms with Crippen molar-refractivity contribution in [1.82, 2.24) is 9.38 Å². The number of ether oxygens (including phenoxy) is 2. The molecule has 0 saturated heterocycles. The molecule has 0 saturated carbocycles. The number of alkyl halides is 2. The number of fused-ring (bicyclic) bond motifs is 1. The lowest BCUT2D eigenvalue weighted by Crippen LogP contribution is -2.08. The zero-order valence-electron chi connectivity index (χ0n) is 15.5. The van der Waals surface area contributed by atoms with Crippen molar-refractivity contribution in [2.24, 2.45) is 0 Å². The van der Waals surface area contributed by atoms with E-state index in [9.17, 15) is 8.78 Å². The van der Waals surface area contributed by atoms with Gasteiger partial charge in [-0.3, -0.25) is 4.40 Å². The quantitative estimate of drug-likeness (QED) is 0.484. The predicted molar refractivity (Wildman–Crippen MR) is 104 cm³/mol. The number of aromatic nitrogens is 2. The van der Waals surface area contributed by atoms with Crippen molar-refractivity contribution in [2.45, 2.75) is 37.0 Å². The molecule has 0 fully saturated rings. The number of methoxy groups -OCH3 is 1. The molecule has 0 bridgehead atoms. The van der Waals surface area contributed by atoms with Gasteiger partial charge in [0.15, 0.2) is 0 Å². The highest BCUT2D eigenvalue weighted by Crippen LogP contribution is 2.39. The van der Waals surface area contributed by atoms with Crippen molar-refractivity contribution in [1.29, 1.82) is 0 Å². The molecule has 27 heavy (non-hydrogen) atoms. The average molecular weight is 393 g/mol. The van der Waals surface area contributed by atoms with Crippen molar-refractivity contribution in [2.75, 3.05) is 12.8 Å². The number of hydrogen-bond donors (Lipinski definition) is 1. The second-order valence-corrected chi connectivity index (χ2v) is 8.79. The Balaban J connectivity index is 2.07. The van der Waals surface area contributed by atoms with E-state index in [0.29, 0.717) is 5.65 Å². The number of nitrogen functional groups attached to an aromatic ring is 1. The summed E-state index contributed by atoms with van der Waals surface area (Å²) in [5.41, 5.74) is 8.26. The number of thioether (sulfide) groups is 1. The normalized spacial score (nSPS) is 12.0. The molecule has 8 heteroatoms. The van der Waals surface area contributed by atoms with Gasteiger partial charge in [-0.05, 0) is 18.2 Å². The van der Waals surface area contributed by atoms with Crippen LogP contribution in [0.2, 0.25) is 0 Å². The number of anilines is 1. The van der Waals surface area contributed by atoms with Crippen LogP contribution in [0.15, 0.2) is 41.6 Å². The first-order valence-electron chi connectivity index (χ1n) is 8.27. The van der Waals surface area contributed by atoms with Gasteiger partial charge in [-0.1, -0.05) is 20.8 Å². The Morgan fingerprint density at radius 3 is 2.52 bits per heavy atom. The molecule has 2 heterocycles. The third-order valence-corrected chi connectivity index (χ3v) is 4.87. The number of pyridine rings is 1. The third-order valence-electron chi connectivity index (χ3n) is 3.73. The van der Waals surface area contributed by atoms with Crippen molar-refractivity contribution in [3.05, 3.63) is 36.7 Å². The molecule has 0 aliphatic rings. The number of halogens is 2. The zero-order chi connectivity index (χ0) is 19.8. The Bertz CT molecular complexity index is 967. The summed E-state index contributed by atoms with van der Waals surface area (Å²) >= 11 is 1.68. The Morgan fingerprint density at radius 1 is 1.19 bits per heavy atom. The summed E-state index contributed by atoms with van der Waals surface area (Å²) in [7, 11) is 1.63. The summed E-state index contributed by atoms with van der Waals surface area (Å²) in [6, 6.07) is 6.58. The fraction of sp³-hybridized carbons (Fsp3) is 0.316. The molecule has 2 N–H and O–H groups in total. The highest BCUT2D eigenvalue weighted by Gasteiger charge is 2.18. The number of benzene rings is 1. The monoisotopic (exact) mass is 393 g/mol. The average Bonchev–Trinajstić information content (AvgIpc) is 2.97. The van der Waals surface area contributed by atoms with Gasteiger partial charge in [0, 0.05) is 22.6 Å². The molecule has 0 radical (unpaired) electrons. The Kier molecular flexibility index (Phi) is 5.19. The van der Waals surface area contributed by atoms with Crippen molar-refractivity contribution < 1.29 is 18.3 Å². The van der Waals surface area contributed by atoms with Gasteiger partial charge < -0.3 is 15.2 Å². The van der Waals surface area contributed by atoms with E-state index < -0.39 is 6.61 Å². The fourth-order valence-electron chi connectivity index (χ4n) is 2.68. The SMILES string of the molecule is COc1cc2ncc(-c3ccc(OC(F)F)c(N)c3)n2cc1SC(C)(C)C. The minimum absolute atomic E-state index is 0.000386. The van der Waals surface area contributed by atoms with E-state index in [1.807, 2.05) is 16.7 Å². The van der Waals surface area contributed by atoms with Crippen LogP contribution in [0.4, 0.5) is 14.5 Å². The summed E-state index contributed by atoms with van der Waals surface area (Å²) in [5.74, 6) is 0.702. The fourth-order valence-corrected chi connectivity index (χ4v) is 3.74. The zero-order valence-corrected chi connectivity index (χ0v) is 16.3. The molecule has 3 rings (SSSR count). The summed E-state index contributed by atoms with van der Waals surface area (Å²) in [4.78, 5) is 5.40. The first-order valence-corrected chi connectivity index (χ1v) is 9.08. The van der Waals surface area contributed by atoms with Gasteiger partial charge in [0.1, 0.15) is 17.1 Å². The molecule has 0 aliphatic carbocycles. The maximum absolute atomic E-state index is 12.4. The molecule has 3 aromatic rings. The topological polar surface area (TPSA) is 61.8 Å². The third kappa shape index (κ3) is 4.27. The largest absolute Gasteiger partial charge is 0.495 e. The molecule has 2 aromatic heterocycles. The summed E-state index contributed by atoms with van der Waals surface area (Å²) in [6.07, 6.45) is 3.68. The molecule has 1 aromatic carbocycles. The number of hydrogen-bond acceptors (Lipinski definition) is 5. The van der Waals surface area contributed by atoms with Gasteiger partial charge in [0.2, 0.25) is 0 Å². The second kappa shape index (κ2) is 7.26. The van der Waals surface area contributed by atoms with Gasteiger partial charge in [-0.2, -0.15) is 8.78 Å². The van der Waals surface area contributed by atoms with E-state index in [1.54, 1.807) is 37.2 Å². The molecule has 5 nitrogen and oxygen atoms in total. The van der Waals surface area contributed by atoms with Crippen LogP contribution in [0.1, 0.15) is 20.8 Å². The highest BCUT2D eigenvalue weighted by molar-refractivity contribution is 8.00. The molecular formula is C19H21F2N3O2S. The Hall–Kier alpha value is -2.48. The molecule has 0 atom stereocenters. The minimum atomic E-state index is -2.92. The van der Waals surface area contributed by atoms with Crippen LogP contribution in [0, 0.1) is 0 Å². The van der Waals surface area contributed by atoms with E-state index in [2.05, 4.69) is 30.5 Å². The van der Waals surface area contributed by atoms with Gasteiger partial charge in [0.05, 0.1) is 29.6 Å². The molecular weight excluding hydrogens is 372 g/mol. The number of rotatable bonds is 5. The standard InChI is InChI=1S/C19H21F2N3O2S/c1-19(2,3)27-16-10-24-13(9-23-17(24)8-15(16)25-4)11-5-6-14(12(22)7-11)26-18(20)21/h5-10,18H,22H2,1-4H3. The van der Waals surface area contributed by atoms with Crippen LogP contribution >= 0.6 is 11.8 Å². The molecule has 144 valence electrons. The Morgan fingerprint density at radius 2 is 1.93 bits per heavy atom. The van der Waals surface area contributed by atoms with Crippen LogP contribution < -0.4 is 15.2 Å². The summed E-state index contributed by atoms with van der Waals surface area (Å²) in [5, 5.41) is 0. The predicted octanol–water partition coefficient (Wildman–Crippen LogP) is 5.08. The van der Waals surface area contributed by atoms with E-state index in [-0.39, 0.29) is 16.2 Å². The van der Waals surface area contributed by atoms with Gasteiger partial charge in [0.25, 0.3) is 0 Å². The lowest BCUT2D eigenvalue weighted by Gasteiger charge is -2.19. The van der Waals surface area contributed by atoms with Crippen LogP contribution in [0.5, 0.6) is 11.5 Å². The maximum Gasteiger partial charge on any atom is 0.387 e. The van der Waals surface area contributed by atoms with Crippen molar-refractivity contribution in [3.63, 3.8) is 0 Å². The Labute approximate surface area is 160 Å². The van der Waals surface area contributed by atoms with E-state index in [0.717, 1.165) is 21.9 Å². The minimum Gasteiger partial charge on any atom is -0.495 e. The van der Waals surface area contributed by atoms with Crippen LogP contribution in [-0.2, 0) is 0 Å². The first-order chi connectivity index (χ1) is 12.7. The lowest BCUT2D eigenvalue weighted by atomic mass is 10.1. The van der Waals surface area contributed by atoms with Crippen molar-refractivity contribution in [3.8, 4) is 22.8 Å². The maximum atomic E-state index is 12.4. The number of imidazole rings is 1. The highest BCUT2D eigenvalue weighted by atomic mass is 32.2. The van der Waals surface area contributed by atoms with Gasteiger partial charge >= 0.3 is 6.61 Å². The van der Waals surface area contributed by atoms with E-state index >= 15 is 0 Å². The number of nitrogens with zero attached hydrogens (tertiary/aromatic N) is 2. The summed E-state index contributed by atoms with van der Waals surface area (Å²) < 4.78 is 36.7. The molecule has 0 unspecified atom stereocenters. The first kappa shape index (κ1) is 19.3. The summed E-state index contributed by atoms with van der Waals surface area (Å²) in [6.45, 7) is 3.45. The van der Waals surface area contributed by atoms with E-state index in [1.165, 1.54) is 6.07 Å². The van der Waals surface area contributed by atoms with Crippen LogP contribution in [0.3, 0.4) is 0 Å². The van der Waals surface area contributed by atoms with Crippen molar-refractivity contribution >= 4 is 23.1 Å². The molecule has 0 aliphatic heterocycles. The van der Waals surface area contributed by atoms with E-state index in [4.69, 9.17) is 10.5 Å². The van der Waals surface area contributed by atoms with Crippen LogP contribution in [0.25, 0.3) is 16.9 Å². The smallest absolute Gasteiger partial charge is 0.387 e. The van der Waals surface area contributed by atoms with Gasteiger partial charge in [-0.15, -0.1) is 11.8 Å².